The summed E-state index contributed by atoms with van der Waals surface area (Å²) in [6, 6.07) is 12.4. The molecular weight excluding hydrogens is 386 g/mol. The molecule has 1 aliphatic rings. The number of hydrogen-bond donors (Lipinski definition) is 2. The summed E-state index contributed by atoms with van der Waals surface area (Å²) < 4.78 is 31.8. The zero-order valence-corrected chi connectivity index (χ0v) is 18.2. The molecule has 0 aliphatic heterocycles. The molecule has 1 aromatic carbocycles. The third-order valence-corrected chi connectivity index (χ3v) is 7.39. The van der Waals surface area contributed by atoms with Gasteiger partial charge in [0.1, 0.15) is 11.6 Å². The number of nitrogens with zero attached hydrogens (tertiary/aromatic N) is 1. The van der Waals surface area contributed by atoms with Gasteiger partial charge in [0.05, 0.1) is 12.4 Å². The molecule has 1 saturated carbocycles. The van der Waals surface area contributed by atoms with Crippen LogP contribution in [0.4, 0.5) is 5.82 Å². The molecule has 158 valence electrons. The van der Waals surface area contributed by atoms with Gasteiger partial charge >= 0.3 is 0 Å². The minimum absolute atomic E-state index is 0.382. The number of methoxy groups -OCH3 is 1. The Morgan fingerprint density at radius 1 is 1.03 bits per heavy atom. The van der Waals surface area contributed by atoms with Crippen molar-refractivity contribution in [2.24, 2.45) is 5.92 Å². The van der Waals surface area contributed by atoms with Gasteiger partial charge in [0.25, 0.3) is 0 Å². The second kappa shape index (κ2) is 9.59. The molecule has 1 fully saturated rings. The van der Waals surface area contributed by atoms with Crippen LogP contribution in [0.2, 0.25) is 0 Å². The van der Waals surface area contributed by atoms with E-state index in [4.69, 9.17) is 4.74 Å². The van der Waals surface area contributed by atoms with Gasteiger partial charge in [0, 0.05) is 24.3 Å². The second-order valence-electron chi connectivity index (χ2n) is 7.96. The maximum Gasteiger partial charge on any atom is 0.213 e. The van der Waals surface area contributed by atoms with Crippen molar-refractivity contribution in [3.8, 4) is 16.9 Å². The Bertz CT molecular complexity index is 873. The Labute approximate surface area is 174 Å². The van der Waals surface area contributed by atoms with E-state index in [0.29, 0.717) is 18.5 Å². The first-order chi connectivity index (χ1) is 13.9. The predicted molar refractivity (Wildman–Crippen MR) is 118 cm³/mol. The van der Waals surface area contributed by atoms with Gasteiger partial charge in [0.2, 0.25) is 10.0 Å². The van der Waals surface area contributed by atoms with Crippen LogP contribution in [-0.2, 0) is 10.0 Å². The van der Waals surface area contributed by atoms with Gasteiger partial charge < -0.3 is 10.1 Å². The summed E-state index contributed by atoms with van der Waals surface area (Å²) in [5.41, 5.74) is 2.17. The van der Waals surface area contributed by atoms with Crippen LogP contribution in [0.15, 0.2) is 42.6 Å². The number of aromatic nitrogens is 1. The van der Waals surface area contributed by atoms with Gasteiger partial charge in [-0.25, -0.2) is 18.1 Å². The lowest BCUT2D eigenvalue weighted by atomic mass is 9.86. The summed E-state index contributed by atoms with van der Waals surface area (Å²) in [6.45, 7) is 3.95. The summed E-state index contributed by atoms with van der Waals surface area (Å²) in [5.74, 6) is 2.13. The number of sulfonamides is 1. The molecule has 0 atom stereocenters. The molecule has 0 amide bonds. The maximum absolute atomic E-state index is 11.9. The van der Waals surface area contributed by atoms with Crippen LogP contribution in [0.25, 0.3) is 11.1 Å². The highest BCUT2D eigenvalue weighted by molar-refractivity contribution is 7.90. The zero-order chi connectivity index (χ0) is 20.9. The van der Waals surface area contributed by atoms with E-state index in [9.17, 15) is 8.42 Å². The van der Waals surface area contributed by atoms with Crippen LogP contribution < -0.4 is 14.8 Å². The topological polar surface area (TPSA) is 80.3 Å². The summed E-state index contributed by atoms with van der Waals surface area (Å²) in [4.78, 5) is 4.56. The van der Waals surface area contributed by atoms with Gasteiger partial charge in [0.15, 0.2) is 0 Å². The third-order valence-electron chi connectivity index (χ3n) is 5.58. The Kier molecular flexibility index (Phi) is 7.14. The van der Waals surface area contributed by atoms with Gasteiger partial charge in [-0.2, -0.15) is 0 Å². The van der Waals surface area contributed by atoms with Crippen LogP contribution in [0.5, 0.6) is 5.75 Å². The fourth-order valence-electron chi connectivity index (χ4n) is 3.55. The molecule has 2 N–H and O–H groups in total. The Hall–Kier alpha value is -2.12. The standard InChI is InChI=1S/C22H31N3O3S/c1-16(2)29(26,27)24-14-17-4-9-20(10-5-17)25-22-13-8-19(15-23-22)18-6-11-21(28-3)12-7-18/h6-8,11-13,15-17,20,24H,4-5,9-10,14H2,1-3H3,(H,23,25). The third kappa shape index (κ3) is 5.93. The minimum Gasteiger partial charge on any atom is -0.497 e. The van der Waals surface area contributed by atoms with Crippen molar-refractivity contribution >= 4 is 15.8 Å². The average molecular weight is 418 g/mol. The van der Waals surface area contributed by atoms with E-state index in [1.807, 2.05) is 36.5 Å². The van der Waals surface area contributed by atoms with Crippen LogP contribution in [0.3, 0.4) is 0 Å². The van der Waals surface area contributed by atoms with E-state index < -0.39 is 10.0 Å². The fraction of sp³-hybridized carbons (Fsp3) is 0.500. The van der Waals surface area contributed by atoms with Crippen molar-refractivity contribution in [3.63, 3.8) is 0 Å². The molecular formula is C22H31N3O3S. The summed E-state index contributed by atoms with van der Waals surface area (Å²) in [6.07, 6.45) is 5.97. The van der Waals surface area contributed by atoms with E-state index >= 15 is 0 Å². The molecule has 0 bridgehead atoms. The van der Waals surface area contributed by atoms with Gasteiger partial charge in [-0.1, -0.05) is 12.1 Å². The first-order valence-corrected chi connectivity index (χ1v) is 11.8. The molecule has 7 heteroatoms. The first kappa shape index (κ1) is 21.6. The van der Waals surface area contributed by atoms with Crippen LogP contribution in [0.1, 0.15) is 39.5 Å². The maximum atomic E-state index is 11.9. The normalized spacial score (nSPS) is 19.9. The quantitative estimate of drug-likeness (QED) is 0.677. The smallest absolute Gasteiger partial charge is 0.213 e. The predicted octanol–water partition coefficient (Wildman–Crippen LogP) is 4.06. The van der Waals surface area contributed by atoms with Gasteiger partial charge in [-0.05, 0) is 75.3 Å². The van der Waals surface area contributed by atoms with Gasteiger partial charge in [-0.3, -0.25) is 0 Å². The number of hydrogen-bond acceptors (Lipinski definition) is 5. The fourth-order valence-corrected chi connectivity index (χ4v) is 4.36. The van der Waals surface area contributed by atoms with Crippen molar-refractivity contribution in [1.82, 2.24) is 9.71 Å². The van der Waals surface area contributed by atoms with Crippen LogP contribution in [-0.4, -0.2) is 38.3 Å². The Morgan fingerprint density at radius 3 is 2.24 bits per heavy atom. The van der Waals surface area contributed by atoms with Crippen molar-refractivity contribution in [3.05, 3.63) is 42.6 Å². The van der Waals surface area contributed by atoms with Crippen molar-refractivity contribution < 1.29 is 13.2 Å². The van der Waals surface area contributed by atoms with E-state index in [0.717, 1.165) is 48.4 Å². The molecule has 3 rings (SSSR count). The molecule has 1 aromatic heterocycles. The van der Waals surface area contributed by atoms with Crippen molar-refractivity contribution in [2.45, 2.75) is 50.8 Å². The van der Waals surface area contributed by atoms with Gasteiger partial charge in [-0.15, -0.1) is 0 Å². The molecule has 0 spiro atoms. The van der Waals surface area contributed by atoms with E-state index in [-0.39, 0.29) is 5.25 Å². The van der Waals surface area contributed by atoms with E-state index in [1.165, 1.54) is 0 Å². The highest BCUT2D eigenvalue weighted by atomic mass is 32.2. The highest BCUT2D eigenvalue weighted by Crippen LogP contribution is 2.27. The van der Waals surface area contributed by atoms with E-state index in [1.54, 1.807) is 21.0 Å². The number of pyridine rings is 1. The monoisotopic (exact) mass is 417 g/mol. The summed E-state index contributed by atoms with van der Waals surface area (Å²) in [5, 5.41) is 3.14. The Balaban J connectivity index is 1.48. The molecule has 0 unspecified atom stereocenters. The zero-order valence-electron chi connectivity index (χ0n) is 17.4. The minimum atomic E-state index is -3.17. The molecule has 0 saturated heterocycles. The molecule has 0 radical (unpaired) electrons. The number of rotatable bonds is 8. The molecule has 29 heavy (non-hydrogen) atoms. The summed E-state index contributed by atoms with van der Waals surface area (Å²) >= 11 is 0. The lowest BCUT2D eigenvalue weighted by Gasteiger charge is -2.29. The molecule has 1 aliphatic carbocycles. The Morgan fingerprint density at radius 2 is 1.69 bits per heavy atom. The van der Waals surface area contributed by atoms with Crippen molar-refractivity contribution in [2.75, 3.05) is 19.0 Å². The number of ether oxygens (including phenoxy) is 1. The van der Waals surface area contributed by atoms with Crippen LogP contribution >= 0.6 is 0 Å². The summed E-state index contributed by atoms with van der Waals surface area (Å²) in [7, 11) is -1.51. The number of anilines is 1. The largest absolute Gasteiger partial charge is 0.497 e. The highest BCUT2D eigenvalue weighted by Gasteiger charge is 2.23. The lowest BCUT2D eigenvalue weighted by Crippen LogP contribution is -2.37. The molecule has 1 heterocycles. The van der Waals surface area contributed by atoms with E-state index in [2.05, 4.69) is 21.1 Å². The molecule has 6 nitrogen and oxygen atoms in total. The lowest BCUT2D eigenvalue weighted by molar-refractivity contribution is 0.336. The van der Waals surface area contributed by atoms with Crippen molar-refractivity contribution in [1.29, 1.82) is 0 Å². The number of benzene rings is 1. The van der Waals surface area contributed by atoms with Crippen LogP contribution in [0, 0.1) is 5.92 Å². The first-order valence-electron chi connectivity index (χ1n) is 10.2. The second-order valence-corrected chi connectivity index (χ2v) is 10.3. The molecule has 2 aromatic rings. The SMILES string of the molecule is COc1ccc(-c2ccc(NC3CCC(CNS(=O)(=O)C(C)C)CC3)nc2)cc1. The average Bonchev–Trinajstić information content (AvgIpc) is 2.74. The number of nitrogens with one attached hydrogen (secondary N) is 2.